The third kappa shape index (κ3) is 3.97. The van der Waals surface area contributed by atoms with Crippen molar-refractivity contribution in [1.29, 1.82) is 0 Å². The third-order valence-corrected chi connectivity index (χ3v) is 3.28. The fourth-order valence-corrected chi connectivity index (χ4v) is 2.48. The van der Waals surface area contributed by atoms with Crippen LogP contribution in [0.5, 0.6) is 0 Å². The molecular weight excluding hydrogens is 238 g/mol. The van der Waals surface area contributed by atoms with Crippen LogP contribution in [-0.2, 0) is 12.8 Å². The van der Waals surface area contributed by atoms with Crippen LogP contribution in [0.4, 0.5) is 0 Å². The van der Waals surface area contributed by atoms with Crippen molar-refractivity contribution < 1.29 is 0 Å². The van der Waals surface area contributed by atoms with E-state index in [1.165, 1.54) is 10.4 Å². The fraction of sp³-hybridized carbons (Fsp3) is 0.231. The Bertz CT molecular complexity index is 386. The summed E-state index contributed by atoms with van der Waals surface area (Å²) in [7, 11) is 0. The topological polar surface area (TPSA) is 26.0 Å². The number of nitrogens with two attached hydrogens (primary N) is 1. The van der Waals surface area contributed by atoms with Crippen LogP contribution in [0, 0.1) is 0 Å². The quantitative estimate of drug-likeness (QED) is 0.889. The first-order chi connectivity index (χ1) is 7.34. The van der Waals surface area contributed by atoms with E-state index in [0.717, 1.165) is 12.8 Å². The van der Waals surface area contributed by atoms with Crippen LogP contribution in [0.1, 0.15) is 10.4 Å². The zero-order valence-electron chi connectivity index (χ0n) is 9.00. The van der Waals surface area contributed by atoms with Crippen LogP contribution >= 0.6 is 23.7 Å². The molecule has 0 amide bonds. The zero-order chi connectivity index (χ0) is 10.5. The van der Waals surface area contributed by atoms with Gasteiger partial charge >= 0.3 is 0 Å². The van der Waals surface area contributed by atoms with E-state index in [-0.39, 0.29) is 18.4 Å². The lowest BCUT2D eigenvalue weighted by Crippen LogP contribution is -2.24. The van der Waals surface area contributed by atoms with Crippen LogP contribution in [0.3, 0.4) is 0 Å². The first-order valence-electron chi connectivity index (χ1n) is 5.16. The van der Waals surface area contributed by atoms with E-state index in [4.69, 9.17) is 5.73 Å². The standard InChI is InChI=1S/C13H15NS.ClH/c14-12(10-13-7-4-8-15-13)9-11-5-2-1-3-6-11;/h1-8,12H,9-10,14H2;1H. The molecule has 1 aromatic carbocycles. The molecule has 1 unspecified atom stereocenters. The van der Waals surface area contributed by atoms with Crippen LogP contribution < -0.4 is 5.73 Å². The SMILES string of the molecule is Cl.NC(Cc1ccccc1)Cc1cccs1. The molecular formula is C13H16ClNS. The molecule has 0 aliphatic carbocycles. The first-order valence-corrected chi connectivity index (χ1v) is 6.04. The highest BCUT2D eigenvalue weighted by Gasteiger charge is 2.05. The number of rotatable bonds is 4. The smallest absolute Gasteiger partial charge is 0.0128 e. The number of thiophene rings is 1. The van der Waals surface area contributed by atoms with E-state index in [1.54, 1.807) is 11.3 Å². The Morgan fingerprint density at radius 3 is 2.38 bits per heavy atom. The predicted molar refractivity (Wildman–Crippen MR) is 73.4 cm³/mol. The van der Waals surface area contributed by atoms with Crippen molar-refractivity contribution >= 4 is 23.7 Å². The highest BCUT2D eigenvalue weighted by molar-refractivity contribution is 7.09. The molecule has 0 aliphatic rings. The van der Waals surface area contributed by atoms with Gasteiger partial charge in [0.2, 0.25) is 0 Å². The lowest BCUT2D eigenvalue weighted by Gasteiger charge is -2.09. The molecule has 0 aliphatic heterocycles. The second kappa shape index (κ2) is 6.69. The summed E-state index contributed by atoms with van der Waals surface area (Å²) in [5, 5.41) is 2.10. The molecule has 1 nitrogen and oxygen atoms in total. The van der Waals surface area contributed by atoms with Gasteiger partial charge in [-0.15, -0.1) is 23.7 Å². The minimum atomic E-state index is 0. The summed E-state index contributed by atoms with van der Waals surface area (Å²) in [5.74, 6) is 0. The molecule has 0 saturated heterocycles. The second-order valence-corrected chi connectivity index (χ2v) is 4.77. The summed E-state index contributed by atoms with van der Waals surface area (Å²) in [6.45, 7) is 0. The molecule has 0 radical (unpaired) electrons. The van der Waals surface area contributed by atoms with Gasteiger partial charge < -0.3 is 5.73 Å². The Kier molecular flexibility index (Phi) is 5.53. The average Bonchev–Trinajstić information content (AvgIpc) is 2.71. The van der Waals surface area contributed by atoms with Gasteiger partial charge in [0.15, 0.2) is 0 Å². The molecule has 0 saturated carbocycles. The number of benzene rings is 1. The van der Waals surface area contributed by atoms with E-state index in [2.05, 4.69) is 41.8 Å². The van der Waals surface area contributed by atoms with E-state index in [1.807, 2.05) is 6.07 Å². The molecule has 0 bridgehead atoms. The van der Waals surface area contributed by atoms with Crippen molar-refractivity contribution in [3.8, 4) is 0 Å². The van der Waals surface area contributed by atoms with Gasteiger partial charge in [-0.25, -0.2) is 0 Å². The molecule has 16 heavy (non-hydrogen) atoms. The van der Waals surface area contributed by atoms with Gasteiger partial charge in [-0.05, 0) is 29.9 Å². The van der Waals surface area contributed by atoms with Crippen LogP contribution in [0.25, 0.3) is 0 Å². The Morgan fingerprint density at radius 2 is 1.75 bits per heavy atom. The average molecular weight is 254 g/mol. The molecule has 3 heteroatoms. The highest BCUT2D eigenvalue weighted by Crippen LogP contribution is 2.12. The van der Waals surface area contributed by atoms with Crippen molar-refractivity contribution in [1.82, 2.24) is 0 Å². The summed E-state index contributed by atoms with van der Waals surface area (Å²) in [4.78, 5) is 1.37. The molecule has 2 rings (SSSR count). The van der Waals surface area contributed by atoms with Crippen molar-refractivity contribution in [2.24, 2.45) is 5.73 Å². The van der Waals surface area contributed by atoms with Gasteiger partial charge in [-0.2, -0.15) is 0 Å². The maximum absolute atomic E-state index is 6.10. The van der Waals surface area contributed by atoms with E-state index in [9.17, 15) is 0 Å². The van der Waals surface area contributed by atoms with Gasteiger partial charge in [0.25, 0.3) is 0 Å². The third-order valence-electron chi connectivity index (χ3n) is 2.38. The summed E-state index contributed by atoms with van der Waals surface area (Å²) >= 11 is 1.78. The maximum atomic E-state index is 6.10. The largest absolute Gasteiger partial charge is 0.327 e. The van der Waals surface area contributed by atoms with E-state index < -0.39 is 0 Å². The minimum Gasteiger partial charge on any atom is -0.327 e. The molecule has 0 spiro atoms. The van der Waals surface area contributed by atoms with Crippen LogP contribution in [-0.4, -0.2) is 6.04 Å². The molecule has 2 N–H and O–H groups in total. The van der Waals surface area contributed by atoms with Crippen molar-refractivity contribution in [3.05, 3.63) is 58.3 Å². The van der Waals surface area contributed by atoms with E-state index in [0.29, 0.717) is 0 Å². The number of hydrogen-bond acceptors (Lipinski definition) is 2. The molecule has 86 valence electrons. The lowest BCUT2D eigenvalue weighted by atomic mass is 10.0. The first kappa shape index (κ1) is 13.2. The van der Waals surface area contributed by atoms with Gasteiger partial charge in [0, 0.05) is 10.9 Å². The van der Waals surface area contributed by atoms with Gasteiger partial charge in [0.05, 0.1) is 0 Å². The van der Waals surface area contributed by atoms with Gasteiger partial charge in [-0.1, -0.05) is 36.4 Å². The van der Waals surface area contributed by atoms with Crippen molar-refractivity contribution in [3.63, 3.8) is 0 Å². The normalized spacial score (nSPS) is 11.8. The second-order valence-electron chi connectivity index (χ2n) is 3.73. The summed E-state index contributed by atoms with van der Waals surface area (Å²) in [6.07, 6.45) is 1.94. The van der Waals surface area contributed by atoms with Crippen LogP contribution in [0.2, 0.25) is 0 Å². The molecule has 0 fully saturated rings. The summed E-state index contributed by atoms with van der Waals surface area (Å²) < 4.78 is 0. The molecule has 2 aromatic rings. The van der Waals surface area contributed by atoms with Crippen molar-refractivity contribution in [2.45, 2.75) is 18.9 Å². The van der Waals surface area contributed by atoms with Gasteiger partial charge in [-0.3, -0.25) is 0 Å². The molecule has 1 heterocycles. The maximum Gasteiger partial charge on any atom is 0.0128 e. The predicted octanol–water partition coefficient (Wildman–Crippen LogP) is 3.28. The number of hydrogen-bond donors (Lipinski definition) is 1. The van der Waals surface area contributed by atoms with E-state index >= 15 is 0 Å². The zero-order valence-corrected chi connectivity index (χ0v) is 10.6. The Balaban J connectivity index is 0.00000128. The Morgan fingerprint density at radius 1 is 1.00 bits per heavy atom. The Labute approximate surface area is 107 Å². The van der Waals surface area contributed by atoms with Gasteiger partial charge in [0.1, 0.15) is 0 Å². The number of halogens is 1. The van der Waals surface area contributed by atoms with Crippen LogP contribution in [0.15, 0.2) is 47.8 Å². The lowest BCUT2D eigenvalue weighted by molar-refractivity contribution is 0.671. The summed E-state index contributed by atoms with van der Waals surface area (Å²) in [6, 6.07) is 14.9. The highest BCUT2D eigenvalue weighted by atomic mass is 35.5. The monoisotopic (exact) mass is 253 g/mol. The molecule has 1 atom stereocenters. The Hall–Kier alpha value is -0.830. The molecule has 1 aromatic heterocycles. The minimum absolute atomic E-state index is 0. The van der Waals surface area contributed by atoms with Crippen molar-refractivity contribution in [2.75, 3.05) is 0 Å². The fourth-order valence-electron chi connectivity index (χ4n) is 1.68. The summed E-state index contributed by atoms with van der Waals surface area (Å²) in [5.41, 5.74) is 7.42.